The molecule has 0 aliphatic rings. The van der Waals surface area contributed by atoms with Crippen molar-refractivity contribution in [3.8, 4) is 16.9 Å². The van der Waals surface area contributed by atoms with Gasteiger partial charge in [-0.1, -0.05) is 22.0 Å². The average molecular weight is 477 g/mol. The highest BCUT2D eigenvalue weighted by Crippen LogP contribution is 2.33. The SMILES string of the molecule is Cc1ccc(-n2nc(C(F)F)cc2-c2cc(F)c(S(C)(=O)=O)cc2F)cc1Br. The van der Waals surface area contributed by atoms with Crippen LogP contribution < -0.4 is 0 Å². The molecule has 4 nitrogen and oxygen atoms in total. The number of rotatable bonds is 4. The number of aryl methyl sites for hydroxylation is 1. The minimum absolute atomic E-state index is 0.137. The lowest BCUT2D eigenvalue weighted by molar-refractivity contribution is 0.145. The summed E-state index contributed by atoms with van der Waals surface area (Å²) in [7, 11) is -4.00. The molecule has 1 aromatic heterocycles. The lowest BCUT2D eigenvalue weighted by Gasteiger charge is -2.11. The van der Waals surface area contributed by atoms with Gasteiger partial charge in [0.1, 0.15) is 22.2 Å². The highest BCUT2D eigenvalue weighted by atomic mass is 79.9. The number of benzene rings is 2. The number of halogens is 5. The number of hydrogen-bond donors (Lipinski definition) is 0. The van der Waals surface area contributed by atoms with Crippen molar-refractivity contribution in [2.24, 2.45) is 0 Å². The summed E-state index contributed by atoms with van der Waals surface area (Å²) < 4.78 is 80.2. The first kappa shape index (κ1) is 20.5. The molecule has 0 saturated heterocycles. The van der Waals surface area contributed by atoms with Crippen LogP contribution in [0.25, 0.3) is 16.9 Å². The van der Waals surface area contributed by atoms with Gasteiger partial charge in [0.05, 0.1) is 11.4 Å². The van der Waals surface area contributed by atoms with Gasteiger partial charge in [-0.05, 0) is 42.8 Å². The van der Waals surface area contributed by atoms with Crippen LogP contribution >= 0.6 is 15.9 Å². The third-order valence-electron chi connectivity index (χ3n) is 4.05. The average Bonchev–Trinajstić information content (AvgIpc) is 3.03. The second-order valence-corrected chi connectivity index (χ2v) is 8.97. The first-order valence-electron chi connectivity index (χ1n) is 7.83. The van der Waals surface area contributed by atoms with Crippen LogP contribution in [0.3, 0.4) is 0 Å². The number of sulfone groups is 1. The lowest BCUT2D eigenvalue weighted by atomic mass is 10.1. The Morgan fingerprint density at radius 1 is 1.07 bits per heavy atom. The van der Waals surface area contributed by atoms with Crippen LogP contribution in [0.2, 0.25) is 0 Å². The predicted molar refractivity (Wildman–Crippen MR) is 99.4 cm³/mol. The summed E-state index contributed by atoms with van der Waals surface area (Å²) in [6.07, 6.45) is -2.19. The summed E-state index contributed by atoms with van der Waals surface area (Å²) in [6.45, 7) is 1.82. The fourth-order valence-corrected chi connectivity index (χ4v) is 3.71. The molecule has 0 aliphatic heterocycles. The van der Waals surface area contributed by atoms with Crippen LogP contribution in [0.15, 0.2) is 45.8 Å². The maximum Gasteiger partial charge on any atom is 0.282 e. The van der Waals surface area contributed by atoms with E-state index in [4.69, 9.17) is 0 Å². The van der Waals surface area contributed by atoms with E-state index in [0.29, 0.717) is 22.3 Å². The largest absolute Gasteiger partial charge is 0.282 e. The molecule has 148 valence electrons. The van der Waals surface area contributed by atoms with Gasteiger partial charge < -0.3 is 0 Å². The Balaban J connectivity index is 2.27. The number of nitrogens with zero attached hydrogens (tertiary/aromatic N) is 2. The lowest BCUT2D eigenvalue weighted by Crippen LogP contribution is -2.05. The van der Waals surface area contributed by atoms with Gasteiger partial charge in [-0.3, -0.25) is 0 Å². The van der Waals surface area contributed by atoms with Gasteiger partial charge in [-0.25, -0.2) is 30.7 Å². The zero-order chi connectivity index (χ0) is 20.8. The van der Waals surface area contributed by atoms with Crippen LogP contribution in [0.5, 0.6) is 0 Å². The minimum Gasteiger partial charge on any atom is -0.232 e. The van der Waals surface area contributed by atoms with Crippen LogP contribution in [0.1, 0.15) is 17.7 Å². The van der Waals surface area contributed by atoms with E-state index in [-0.39, 0.29) is 11.3 Å². The molecule has 2 aromatic carbocycles. The summed E-state index contributed by atoms with van der Waals surface area (Å²) in [5.41, 5.74) is 0.0647. The molecule has 3 aromatic rings. The minimum atomic E-state index is -4.00. The molecule has 0 radical (unpaired) electrons. The second kappa shape index (κ2) is 7.32. The van der Waals surface area contributed by atoms with Crippen LogP contribution in [0.4, 0.5) is 17.6 Å². The first-order valence-corrected chi connectivity index (χ1v) is 10.5. The van der Waals surface area contributed by atoms with Crippen molar-refractivity contribution in [3.05, 3.63) is 63.8 Å². The molecular weight excluding hydrogens is 464 g/mol. The second-order valence-electron chi connectivity index (χ2n) is 6.14. The van der Waals surface area contributed by atoms with E-state index in [1.54, 1.807) is 18.2 Å². The third kappa shape index (κ3) is 3.83. The van der Waals surface area contributed by atoms with Crippen molar-refractivity contribution in [2.45, 2.75) is 18.2 Å². The smallest absolute Gasteiger partial charge is 0.232 e. The van der Waals surface area contributed by atoms with Gasteiger partial charge >= 0.3 is 0 Å². The van der Waals surface area contributed by atoms with E-state index in [0.717, 1.165) is 22.6 Å². The Morgan fingerprint density at radius 2 is 1.75 bits per heavy atom. The molecule has 0 saturated carbocycles. The van der Waals surface area contributed by atoms with Gasteiger partial charge in [0.15, 0.2) is 9.84 Å². The summed E-state index contributed by atoms with van der Waals surface area (Å²) in [5.74, 6) is -2.26. The molecule has 0 amide bonds. The molecule has 0 aliphatic carbocycles. The normalized spacial score (nSPS) is 12.0. The zero-order valence-corrected chi connectivity index (χ0v) is 17.0. The van der Waals surface area contributed by atoms with Crippen molar-refractivity contribution < 1.29 is 26.0 Å². The highest BCUT2D eigenvalue weighted by Gasteiger charge is 2.23. The van der Waals surface area contributed by atoms with Crippen molar-refractivity contribution in [1.29, 1.82) is 0 Å². The van der Waals surface area contributed by atoms with E-state index in [1.165, 1.54) is 0 Å². The quantitative estimate of drug-likeness (QED) is 0.484. The molecule has 0 N–H and O–H groups in total. The number of hydrogen-bond acceptors (Lipinski definition) is 3. The summed E-state index contributed by atoms with van der Waals surface area (Å²) in [6, 6.07) is 7.03. The molecular formula is C18H13BrF4N2O2S. The monoisotopic (exact) mass is 476 g/mol. The van der Waals surface area contributed by atoms with Gasteiger partial charge in [0.25, 0.3) is 6.43 Å². The first-order chi connectivity index (χ1) is 13.0. The maximum atomic E-state index is 14.6. The Labute approximate surface area is 166 Å². The van der Waals surface area contributed by atoms with Crippen LogP contribution in [-0.4, -0.2) is 24.5 Å². The fourth-order valence-electron chi connectivity index (χ4n) is 2.62. The summed E-state index contributed by atoms with van der Waals surface area (Å²) >= 11 is 3.33. The Bertz CT molecular complexity index is 1180. The number of alkyl halides is 2. The summed E-state index contributed by atoms with van der Waals surface area (Å²) in [5, 5.41) is 3.81. The Hall–Kier alpha value is -2.20. The van der Waals surface area contributed by atoms with Gasteiger partial charge in [0.2, 0.25) is 0 Å². The molecule has 28 heavy (non-hydrogen) atoms. The molecule has 0 fully saturated rings. The van der Waals surface area contributed by atoms with Crippen molar-refractivity contribution >= 4 is 25.8 Å². The Kier molecular flexibility index (Phi) is 5.37. The third-order valence-corrected chi connectivity index (χ3v) is 6.01. The van der Waals surface area contributed by atoms with Crippen LogP contribution in [-0.2, 0) is 9.84 Å². The van der Waals surface area contributed by atoms with E-state index in [1.807, 2.05) is 6.92 Å². The Morgan fingerprint density at radius 3 is 2.32 bits per heavy atom. The summed E-state index contributed by atoms with van der Waals surface area (Å²) in [4.78, 5) is -0.813. The van der Waals surface area contributed by atoms with Crippen LogP contribution in [0, 0.1) is 18.6 Å². The standard InChI is InChI=1S/C18H13BrF4N2O2S/c1-9-3-4-10(5-12(9)19)25-16(8-15(24-25)18(22)23)11-6-14(21)17(7-13(11)20)28(2,26)27/h3-8,18H,1-2H3. The fraction of sp³-hybridized carbons (Fsp3) is 0.167. The molecule has 10 heteroatoms. The zero-order valence-electron chi connectivity index (χ0n) is 14.6. The van der Waals surface area contributed by atoms with Gasteiger partial charge in [0, 0.05) is 16.3 Å². The maximum absolute atomic E-state index is 14.6. The van der Waals surface area contributed by atoms with Gasteiger partial charge in [-0.15, -0.1) is 0 Å². The van der Waals surface area contributed by atoms with Crippen molar-refractivity contribution in [2.75, 3.05) is 6.26 Å². The topological polar surface area (TPSA) is 52.0 Å². The van der Waals surface area contributed by atoms with Gasteiger partial charge in [-0.2, -0.15) is 5.10 Å². The molecule has 0 spiro atoms. The molecule has 0 bridgehead atoms. The van der Waals surface area contributed by atoms with E-state index < -0.39 is 38.5 Å². The van der Waals surface area contributed by atoms with Crippen molar-refractivity contribution in [3.63, 3.8) is 0 Å². The van der Waals surface area contributed by atoms with Crippen molar-refractivity contribution in [1.82, 2.24) is 9.78 Å². The number of aromatic nitrogens is 2. The van der Waals surface area contributed by atoms with E-state index >= 15 is 0 Å². The van der Waals surface area contributed by atoms with E-state index in [2.05, 4.69) is 21.0 Å². The molecule has 0 unspecified atom stereocenters. The molecule has 3 rings (SSSR count). The predicted octanol–water partition coefficient (Wildman–Crippen LogP) is 5.23. The van der Waals surface area contributed by atoms with E-state index in [9.17, 15) is 26.0 Å². The highest BCUT2D eigenvalue weighted by molar-refractivity contribution is 9.10. The molecule has 0 atom stereocenters. The molecule has 1 heterocycles.